The zero-order chi connectivity index (χ0) is 42.5. The molecule has 0 radical (unpaired) electrons. The highest BCUT2D eigenvalue weighted by Crippen LogP contribution is 2.34. The van der Waals surface area contributed by atoms with Crippen molar-refractivity contribution in [3.8, 4) is 0 Å². The van der Waals surface area contributed by atoms with Crippen LogP contribution in [0.25, 0.3) is 6.08 Å². The molecule has 61 heavy (non-hydrogen) atoms. The van der Waals surface area contributed by atoms with Crippen molar-refractivity contribution in [3.05, 3.63) is 269 Å². The molecule has 1 atom stereocenters. The number of hydrogen-bond donors (Lipinski definition) is 0. The van der Waals surface area contributed by atoms with Crippen LogP contribution in [0.15, 0.2) is 264 Å². The van der Waals surface area contributed by atoms with E-state index in [-0.39, 0.29) is 0 Å². The number of rotatable bonds is 10. The molecule has 0 saturated carbocycles. The Bertz CT molecular complexity index is 2370. The van der Waals surface area contributed by atoms with Gasteiger partial charge in [0.2, 0.25) is 0 Å². The molecule has 0 N–H and O–H groups in total. The Morgan fingerprint density at radius 2 is 1.23 bits per heavy atom. The first-order chi connectivity index (χ1) is 30.3. The van der Waals surface area contributed by atoms with Gasteiger partial charge in [-0.1, -0.05) is 192 Å². The van der Waals surface area contributed by atoms with Crippen molar-refractivity contribution in [2.24, 2.45) is 5.92 Å². The molecule has 2 aromatic carbocycles. The van der Waals surface area contributed by atoms with Gasteiger partial charge in [0.05, 0.1) is 0 Å². The molecule has 2 nitrogen and oxygen atoms in total. The topological polar surface area (TPSA) is 6.48 Å². The summed E-state index contributed by atoms with van der Waals surface area (Å²) in [5, 5.41) is 0. The summed E-state index contributed by atoms with van der Waals surface area (Å²) in [5.74, 6) is 0.442. The molecule has 0 spiro atoms. The van der Waals surface area contributed by atoms with Crippen molar-refractivity contribution >= 4 is 17.5 Å². The fourth-order valence-electron chi connectivity index (χ4n) is 7.78. The maximum absolute atomic E-state index is 2.41. The van der Waals surface area contributed by atoms with Crippen molar-refractivity contribution in [1.82, 2.24) is 0 Å². The van der Waals surface area contributed by atoms with Gasteiger partial charge in [-0.3, -0.25) is 0 Å². The van der Waals surface area contributed by atoms with Crippen LogP contribution in [0.5, 0.6) is 0 Å². The van der Waals surface area contributed by atoms with E-state index in [1.165, 1.54) is 39.4 Å². The maximum atomic E-state index is 2.41. The van der Waals surface area contributed by atoms with Gasteiger partial charge >= 0.3 is 0 Å². The molecule has 2 heteroatoms. The summed E-state index contributed by atoms with van der Waals surface area (Å²) in [5.41, 5.74) is 13.5. The van der Waals surface area contributed by atoms with E-state index in [0.29, 0.717) is 5.92 Å². The quantitative estimate of drug-likeness (QED) is 0.236. The first-order valence-corrected chi connectivity index (χ1v) is 22.3. The molecule has 8 rings (SSSR count). The second-order valence-electron chi connectivity index (χ2n) is 14.7. The highest BCUT2D eigenvalue weighted by atomic mass is 15.2. The minimum Gasteiger partial charge on any atom is -0.314 e. The summed E-state index contributed by atoms with van der Waals surface area (Å²) >= 11 is 0. The van der Waals surface area contributed by atoms with Gasteiger partial charge in [0.1, 0.15) is 0 Å². The molecule has 2 aromatic rings. The normalized spacial score (nSPS) is 19.0. The molecule has 0 heterocycles. The maximum Gasteiger partial charge on any atom is 0.0462 e. The van der Waals surface area contributed by atoms with Gasteiger partial charge in [-0.05, 0) is 121 Å². The molecule has 1 unspecified atom stereocenters. The molecule has 308 valence electrons. The second kappa shape index (κ2) is 23.8. The summed E-state index contributed by atoms with van der Waals surface area (Å²) in [4.78, 5) is 4.77. The lowest BCUT2D eigenvalue weighted by Gasteiger charge is -2.28. The summed E-state index contributed by atoms with van der Waals surface area (Å²) in [6.45, 7) is 8.00. The van der Waals surface area contributed by atoms with Crippen LogP contribution in [0.2, 0.25) is 0 Å². The van der Waals surface area contributed by atoms with Crippen LogP contribution < -0.4 is 9.80 Å². The number of nitrogens with zero attached hydrogens (tertiary/aromatic N) is 2. The fraction of sp³-hybridized carbons (Fsp3) is 0.186. The van der Waals surface area contributed by atoms with Crippen LogP contribution in [-0.4, -0.2) is 0 Å². The first-order valence-electron chi connectivity index (χ1n) is 22.3. The lowest BCUT2D eigenvalue weighted by atomic mass is 9.91. The van der Waals surface area contributed by atoms with E-state index in [1.54, 1.807) is 0 Å². The monoisotopic (exact) mass is 798 g/mol. The third-order valence-corrected chi connectivity index (χ3v) is 10.8. The van der Waals surface area contributed by atoms with Gasteiger partial charge < -0.3 is 9.80 Å². The van der Waals surface area contributed by atoms with Crippen molar-refractivity contribution in [3.63, 3.8) is 0 Å². The van der Waals surface area contributed by atoms with Crippen molar-refractivity contribution in [1.29, 1.82) is 0 Å². The molecule has 0 aromatic heterocycles. The zero-order valence-corrected chi connectivity index (χ0v) is 36.6. The van der Waals surface area contributed by atoms with E-state index in [4.69, 9.17) is 0 Å². The average molecular weight is 799 g/mol. The molecule has 0 saturated heterocycles. The van der Waals surface area contributed by atoms with E-state index in [0.717, 1.165) is 61.2 Å². The summed E-state index contributed by atoms with van der Waals surface area (Å²) in [7, 11) is 0. The Morgan fingerprint density at radius 1 is 0.475 bits per heavy atom. The van der Waals surface area contributed by atoms with Crippen molar-refractivity contribution < 1.29 is 0 Å². The minimum absolute atomic E-state index is 0.442. The number of benzene rings is 2. The van der Waals surface area contributed by atoms with E-state index in [1.807, 2.05) is 27.7 Å². The first kappa shape index (κ1) is 43.9. The molecule has 0 bridgehead atoms. The Hall–Kier alpha value is -6.64. The van der Waals surface area contributed by atoms with Gasteiger partial charge in [-0.15, -0.1) is 0 Å². The van der Waals surface area contributed by atoms with Gasteiger partial charge in [0.25, 0.3) is 0 Å². The molecule has 6 aliphatic carbocycles. The van der Waals surface area contributed by atoms with Crippen LogP contribution in [0, 0.1) is 5.92 Å². The Kier molecular flexibility index (Phi) is 17.2. The lowest BCUT2D eigenvalue weighted by Crippen LogP contribution is -2.20. The molecule has 6 aliphatic rings. The molecular formula is C59H62N2. The number of hydrogen-bond acceptors (Lipinski definition) is 2. The Morgan fingerprint density at radius 3 is 2.07 bits per heavy atom. The number of anilines is 2. The van der Waals surface area contributed by atoms with E-state index in [9.17, 15) is 0 Å². The van der Waals surface area contributed by atoms with E-state index < -0.39 is 0 Å². The van der Waals surface area contributed by atoms with Gasteiger partial charge in [0, 0.05) is 46.5 Å². The van der Waals surface area contributed by atoms with Crippen LogP contribution in [0.1, 0.15) is 71.8 Å². The molecule has 0 fully saturated rings. The fourth-order valence-corrected chi connectivity index (χ4v) is 7.78. The number of allylic oxidation sites excluding steroid dienone is 31. The third-order valence-electron chi connectivity index (χ3n) is 10.8. The molecule has 0 amide bonds. The van der Waals surface area contributed by atoms with E-state index in [2.05, 4.69) is 235 Å². The smallest absolute Gasteiger partial charge is 0.0462 e. The van der Waals surface area contributed by atoms with Gasteiger partial charge in [-0.25, -0.2) is 0 Å². The SMILES string of the molecule is C1=CC=C(C2=CC=C(N(C3=CC=CCC=C3)c3ccc(/C=C/C4=CC=C(N(C5=CCC=C(C6C=CC=CC6)C=C5)c5ccccc5)CC=C4)cc3)C=CC2)CC=C1.CC.CC. The number of para-hydroxylation sites is 1. The van der Waals surface area contributed by atoms with Crippen LogP contribution >= 0.6 is 0 Å². The predicted octanol–water partition coefficient (Wildman–Crippen LogP) is 16.4. The van der Waals surface area contributed by atoms with Gasteiger partial charge in [0.15, 0.2) is 0 Å². The van der Waals surface area contributed by atoms with Crippen molar-refractivity contribution in [2.75, 3.05) is 9.80 Å². The zero-order valence-electron chi connectivity index (χ0n) is 36.6. The predicted molar refractivity (Wildman–Crippen MR) is 268 cm³/mol. The summed E-state index contributed by atoms with van der Waals surface area (Å²) < 4.78 is 0. The Balaban J connectivity index is 0.00000151. The highest BCUT2D eigenvalue weighted by Gasteiger charge is 2.19. The molecular weight excluding hydrogens is 737 g/mol. The Labute approximate surface area is 367 Å². The lowest BCUT2D eigenvalue weighted by molar-refractivity contribution is 0.783. The van der Waals surface area contributed by atoms with Crippen LogP contribution in [0.4, 0.5) is 11.4 Å². The highest BCUT2D eigenvalue weighted by molar-refractivity contribution is 5.68. The average Bonchev–Trinajstić information content (AvgIpc) is 3.99. The standard InChI is InChI=1S/C55H50N2.2C2H6/c1-2-8-20-46(19-7-1)48-24-17-31-54(43-38-48)57(51-25-11-3-4-12-26-51)55-40-35-45(36-41-55)33-32-44-18-15-29-52(39-34-44)56(50-27-13-6-14-28-50)53-30-16-23-49(37-42-53)47-21-9-5-10-22-47;2*1-2/h1-3,5-15,17-19,21,23,25-28,30-43,47H,4,16,20,22,24,29H2;2*1-2H3/b33-32+;;. The minimum atomic E-state index is 0.442. The van der Waals surface area contributed by atoms with Crippen LogP contribution in [-0.2, 0) is 0 Å². The molecule has 0 aliphatic heterocycles. The van der Waals surface area contributed by atoms with Gasteiger partial charge in [-0.2, -0.15) is 0 Å². The third kappa shape index (κ3) is 12.2. The summed E-state index contributed by atoms with van der Waals surface area (Å²) in [6, 6.07) is 19.7. The largest absolute Gasteiger partial charge is 0.314 e. The van der Waals surface area contributed by atoms with Crippen LogP contribution in [0.3, 0.4) is 0 Å². The van der Waals surface area contributed by atoms with Crippen molar-refractivity contribution in [2.45, 2.75) is 66.2 Å². The second-order valence-corrected chi connectivity index (χ2v) is 14.7. The van der Waals surface area contributed by atoms with E-state index >= 15 is 0 Å². The summed E-state index contributed by atoms with van der Waals surface area (Å²) in [6.07, 6.45) is 68.3.